The number of piperidine rings is 2. The van der Waals surface area contributed by atoms with E-state index in [4.69, 9.17) is 0 Å². The molecule has 4 nitrogen and oxygen atoms in total. The van der Waals surface area contributed by atoms with Gasteiger partial charge in [0, 0.05) is 24.2 Å². The molecule has 2 aliphatic rings. The van der Waals surface area contributed by atoms with Gasteiger partial charge in [-0.25, -0.2) is 0 Å². The van der Waals surface area contributed by atoms with E-state index in [1.54, 1.807) is 0 Å². The lowest BCUT2D eigenvalue weighted by atomic mass is 9.80. The fourth-order valence-electron chi connectivity index (χ4n) is 4.11. The van der Waals surface area contributed by atoms with Gasteiger partial charge >= 0.3 is 0 Å². The van der Waals surface area contributed by atoms with Gasteiger partial charge in [-0.1, -0.05) is 13.3 Å². The topological polar surface area (TPSA) is 44.4 Å². The molecule has 3 unspecified atom stereocenters. The normalized spacial score (nSPS) is 31.2. The molecule has 0 spiro atoms. The summed E-state index contributed by atoms with van der Waals surface area (Å²) in [6, 6.07) is 2.05. The number of hydrogen-bond donors (Lipinski definition) is 2. The second-order valence-corrected chi connectivity index (χ2v) is 7.15. The van der Waals surface area contributed by atoms with Crippen LogP contribution in [0.1, 0.15) is 66.2 Å². The first kappa shape index (κ1) is 16.8. The van der Waals surface area contributed by atoms with Gasteiger partial charge in [-0.2, -0.15) is 0 Å². The van der Waals surface area contributed by atoms with E-state index in [2.05, 4.69) is 29.4 Å². The Morgan fingerprint density at radius 2 is 1.81 bits per heavy atom. The summed E-state index contributed by atoms with van der Waals surface area (Å²) in [5.41, 5.74) is 0. The largest absolute Gasteiger partial charge is 0.353 e. The molecular formula is C17H33N3O. The molecule has 1 amide bonds. The first-order valence-electron chi connectivity index (χ1n) is 8.84. The molecule has 2 fully saturated rings. The fraction of sp³-hybridized carbons (Fsp3) is 0.941. The van der Waals surface area contributed by atoms with Crippen molar-refractivity contribution in [1.29, 1.82) is 0 Å². The molecule has 2 saturated heterocycles. The second-order valence-electron chi connectivity index (χ2n) is 7.15. The van der Waals surface area contributed by atoms with E-state index in [9.17, 15) is 4.79 Å². The van der Waals surface area contributed by atoms with Crippen LogP contribution in [0.3, 0.4) is 0 Å². The summed E-state index contributed by atoms with van der Waals surface area (Å²) < 4.78 is 0. The maximum Gasteiger partial charge on any atom is 0.237 e. The number of carbonyl (C=O) groups excluding carboxylic acids is 1. The van der Waals surface area contributed by atoms with Crippen LogP contribution in [-0.4, -0.2) is 47.6 Å². The van der Waals surface area contributed by atoms with Crippen molar-refractivity contribution in [3.63, 3.8) is 0 Å². The van der Waals surface area contributed by atoms with Gasteiger partial charge in [0.05, 0.1) is 6.04 Å². The van der Waals surface area contributed by atoms with Crippen LogP contribution in [0.2, 0.25) is 0 Å². The number of nitrogens with zero attached hydrogens (tertiary/aromatic N) is 1. The van der Waals surface area contributed by atoms with Crippen LogP contribution < -0.4 is 10.6 Å². The number of rotatable bonds is 6. The molecule has 0 aromatic rings. The lowest BCUT2D eigenvalue weighted by Crippen LogP contribution is -2.62. The molecule has 0 aromatic carbocycles. The first-order valence-corrected chi connectivity index (χ1v) is 8.84. The Bertz CT molecular complexity index is 331. The van der Waals surface area contributed by atoms with Crippen LogP contribution in [0, 0.1) is 0 Å². The molecule has 0 aromatic heterocycles. The summed E-state index contributed by atoms with van der Waals surface area (Å²) in [5, 5.41) is 6.77. The van der Waals surface area contributed by atoms with E-state index >= 15 is 0 Å². The third-order valence-corrected chi connectivity index (χ3v) is 4.97. The van der Waals surface area contributed by atoms with Crippen LogP contribution in [-0.2, 0) is 4.79 Å². The van der Waals surface area contributed by atoms with Gasteiger partial charge in [-0.05, 0) is 59.4 Å². The van der Waals surface area contributed by atoms with Gasteiger partial charge in [0.1, 0.15) is 0 Å². The Kier molecular flexibility index (Phi) is 6.06. The Labute approximate surface area is 130 Å². The smallest absolute Gasteiger partial charge is 0.237 e. The van der Waals surface area contributed by atoms with Crippen molar-refractivity contribution in [2.24, 2.45) is 0 Å². The van der Waals surface area contributed by atoms with Gasteiger partial charge in [0.25, 0.3) is 0 Å². The zero-order chi connectivity index (χ0) is 15.4. The van der Waals surface area contributed by atoms with Crippen LogP contribution >= 0.6 is 0 Å². The van der Waals surface area contributed by atoms with Crippen molar-refractivity contribution in [3.05, 3.63) is 0 Å². The average Bonchev–Trinajstić information content (AvgIpc) is 2.42. The van der Waals surface area contributed by atoms with Crippen LogP contribution in [0.4, 0.5) is 0 Å². The summed E-state index contributed by atoms with van der Waals surface area (Å²) in [7, 11) is 0. The zero-order valence-electron chi connectivity index (χ0n) is 14.2. The second kappa shape index (κ2) is 7.59. The molecule has 0 radical (unpaired) electrons. The maximum absolute atomic E-state index is 12.4. The van der Waals surface area contributed by atoms with Crippen molar-refractivity contribution in [3.8, 4) is 0 Å². The monoisotopic (exact) mass is 295 g/mol. The number of carbonyl (C=O) groups is 1. The zero-order valence-corrected chi connectivity index (χ0v) is 14.2. The van der Waals surface area contributed by atoms with Gasteiger partial charge in [0.2, 0.25) is 5.91 Å². The van der Waals surface area contributed by atoms with E-state index in [0.717, 1.165) is 6.54 Å². The molecule has 0 aliphatic carbocycles. The summed E-state index contributed by atoms with van der Waals surface area (Å²) in [4.78, 5) is 14.9. The first-order chi connectivity index (χ1) is 10.0. The number of amides is 1. The van der Waals surface area contributed by atoms with E-state index in [0.29, 0.717) is 18.1 Å². The highest BCUT2D eigenvalue weighted by Gasteiger charge is 2.41. The molecule has 122 valence electrons. The van der Waals surface area contributed by atoms with Crippen molar-refractivity contribution < 1.29 is 4.79 Å². The number of hydrogen-bond acceptors (Lipinski definition) is 3. The van der Waals surface area contributed by atoms with Gasteiger partial charge in [0.15, 0.2) is 0 Å². The minimum Gasteiger partial charge on any atom is -0.353 e. The molecule has 2 bridgehead atoms. The van der Waals surface area contributed by atoms with Crippen molar-refractivity contribution >= 4 is 5.91 Å². The minimum atomic E-state index is 0.00910. The Balaban J connectivity index is 1.99. The van der Waals surface area contributed by atoms with Gasteiger partial charge in [-0.15, -0.1) is 0 Å². The van der Waals surface area contributed by atoms with E-state index in [1.165, 1.54) is 38.5 Å². The van der Waals surface area contributed by atoms with Crippen LogP contribution in [0.15, 0.2) is 0 Å². The Hall–Kier alpha value is -0.610. The SMILES string of the molecule is CCCNC1CC2CCCC(C1)N2C(C)C(=O)NC(C)C. The van der Waals surface area contributed by atoms with Gasteiger partial charge in [-0.3, -0.25) is 9.69 Å². The highest BCUT2D eigenvalue weighted by molar-refractivity contribution is 5.81. The highest BCUT2D eigenvalue weighted by Crippen LogP contribution is 2.35. The predicted molar refractivity (Wildman–Crippen MR) is 87.3 cm³/mol. The van der Waals surface area contributed by atoms with Crippen molar-refractivity contribution in [2.75, 3.05) is 6.54 Å². The number of nitrogens with one attached hydrogen (secondary N) is 2. The molecule has 2 heterocycles. The van der Waals surface area contributed by atoms with E-state index in [1.807, 2.05) is 13.8 Å². The molecule has 2 aliphatic heterocycles. The minimum absolute atomic E-state index is 0.00910. The van der Waals surface area contributed by atoms with E-state index in [-0.39, 0.29) is 18.0 Å². The van der Waals surface area contributed by atoms with Gasteiger partial charge < -0.3 is 10.6 Å². The lowest BCUT2D eigenvalue weighted by molar-refractivity contribution is -0.131. The summed E-state index contributed by atoms with van der Waals surface area (Å²) in [6.45, 7) is 9.50. The summed E-state index contributed by atoms with van der Waals surface area (Å²) >= 11 is 0. The molecule has 2 N–H and O–H groups in total. The molecule has 21 heavy (non-hydrogen) atoms. The molecule has 2 rings (SSSR count). The summed E-state index contributed by atoms with van der Waals surface area (Å²) in [6.07, 6.45) is 7.43. The Morgan fingerprint density at radius 3 is 2.33 bits per heavy atom. The quantitative estimate of drug-likeness (QED) is 0.790. The Morgan fingerprint density at radius 1 is 1.19 bits per heavy atom. The number of fused-ring (bicyclic) bond motifs is 2. The molecule has 0 saturated carbocycles. The van der Waals surface area contributed by atoms with Crippen molar-refractivity contribution in [1.82, 2.24) is 15.5 Å². The lowest BCUT2D eigenvalue weighted by Gasteiger charge is -2.51. The van der Waals surface area contributed by atoms with Crippen LogP contribution in [0.25, 0.3) is 0 Å². The fourth-order valence-corrected chi connectivity index (χ4v) is 4.11. The highest BCUT2D eigenvalue weighted by atomic mass is 16.2. The average molecular weight is 295 g/mol. The molecular weight excluding hydrogens is 262 g/mol. The molecule has 3 atom stereocenters. The van der Waals surface area contributed by atoms with E-state index < -0.39 is 0 Å². The third-order valence-electron chi connectivity index (χ3n) is 4.97. The predicted octanol–water partition coefficient (Wildman–Crippen LogP) is 2.28. The summed E-state index contributed by atoms with van der Waals surface area (Å²) in [5.74, 6) is 0.196. The standard InChI is InChI=1S/C17H33N3O/c1-5-9-18-14-10-15-7-6-8-16(11-14)20(15)13(4)17(21)19-12(2)3/h12-16,18H,5-11H2,1-4H3,(H,19,21). The molecule has 4 heteroatoms. The maximum atomic E-state index is 12.4. The third kappa shape index (κ3) is 4.19. The van der Waals surface area contributed by atoms with Crippen LogP contribution in [0.5, 0.6) is 0 Å². The van der Waals surface area contributed by atoms with Crippen molar-refractivity contribution in [2.45, 2.75) is 96.4 Å².